The Morgan fingerprint density at radius 1 is 0.724 bits per heavy atom. The summed E-state index contributed by atoms with van der Waals surface area (Å²) in [4.78, 5) is 0. The maximum Gasteiger partial charge on any atom is -1.00 e. The Bertz CT molecular complexity index is 946. The normalized spacial score (nSPS) is 11.9. The van der Waals surface area contributed by atoms with E-state index in [1.165, 1.54) is 18.1 Å². The van der Waals surface area contributed by atoms with E-state index in [4.69, 9.17) is 0 Å². The Balaban J connectivity index is 0.00000150. The van der Waals surface area contributed by atoms with Gasteiger partial charge in [0.15, 0.2) is 0 Å². The van der Waals surface area contributed by atoms with Crippen LogP contribution in [0.5, 0.6) is 0 Å². The van der Waals surface area contributed by atoms with Crippen LogP contribution in [-0.2, 0) is 22.3 Å². The van der Waals surface area contributed by atoms with Crippen LogP contribution < -0.4 is 35.2 Å². The topological polar surface area (TPSA) is 0 Å². The van der Waals surface area contributed by atoms with Crippen molar-refractivity contribution in [1.29, 1.82) is 0 Å². The number of hydrogen-bond donors (Lipinski definition) is 0. The smallest absolute Gasteiger partial charge is 1.00 e. The Morgan fingerprint density at radius 2 is 1.24 bits per heavy atom. The van der Waals surface area contributed by atoms with Crippen LogP contribution in [0, 0.1) is 0 Å². The van der Waals surface area contributed by atoms with Gasteiger partial charge >= 0.3 is 170 Å². The Kier molecular flexibility index (Phi) is 10.7. The molecule has 0 aliphatic heterocycles. The Morgan fingerprint density at radius 3 is 1.72 bits per heavy atom. The zero-order valence-corrected chi connectivity index (χ0v) is 21.1. The molecule has 1 unspecified atom stereocenters. The molecule has 1 atom stereocenters. The van der Waals surface area contributed by atoms with Crippen LogP contribution >= 0.6 is 6.57 Å². The molecule has 0 fully saturated rings. The summed E-state index contributed by atoms with van der Waals surface area (Å²) >= 11 is -1.44. The molecule has 0 radical (unpaired) electrons. The molecule has 1 aliphatic rings. The molecule has 0 heterocycles. The minimum Gasteiger partial charge on any atom is -1.00 e. The minimum absolute atomic E-state index is 0. The number of halogens is 2. The molecule has 0 amide bonds. The van der Waals surface area contributed by atoms with Crippen molar-refractivity contribution in [2.75, 3.05) is 0 Å². The van der Waals surface area contributed by atoms with Gasteiger partial charge in [0.2, 0.25) is 0 Å². The maximum atomic E-state index is 2.45. The van der Waals surface area contributed by atoms with E-state index in [0.29, 0.717) is 0 Å². The number of benzene rings is 3. The monoisotopic (exact) mass is 488 g/mol. The summed E-state index contributed by atoms with van der Waals surface area (Å²) in [6, 6.07) is 33.8. The Hall–Kier alpha value is -0.919. The van der Waals surface area contributed by atoms with Gasteiger partial charge < -0.3 is 24.8 Å². The van der Waals surface area contributed by atoms with E-state index < -0.39 is 22.3 Å². The third-order valence-electron chi connectivity index (χ3n) is 4.78. The number of rotatable bonds is 6. The van der Waals surface area contributed by atoms with E-state index in [1.54, 1.807) is 14.3 Å². The fourth-order valence-corrected chi connectivity index (χ4v) is 25.5. The first-order valence-electron chi connectivity index (χ1n) is 9.41. The van der Waals surface area contributed by atoms with Crippen molar-refractivity contribution in [1.82, 2.24) is 0 Å². The van der Waals surface area contributed by atoms with Gasteiger partial charge in [-0.15, -0.1) is 0 Å². The van der Waals surface area contributed by atoms with Crippen molar-refractivity contribution in [3.63, 3.8) is 0 Å². The van der Waals surface area contributed by atoms with Crippen LogP contribution in [0.3, 0.4) is 0 Å². The molecule has 5 heteroatoms. The summed E-state index contributed by atoms with van der Waals surface area (Å²) in [5.41, 5.74) is 1.50. The fraction of sp³-hybridized carbons (Fsp3) is 0.0833. The molecule has 0 spiro atoms. The first kappa shape index (κ1) is 24.4. The third-order valence-corrected chi connectivity index (χ3v) is 25.1. The van der Waals surface area contributed by atoms with Crippen LogP contribution in [0.25, 0.3) is 0 Å². The first-order valence-corrected chi connectivity index (χ1v) is 17.6. The van der Waals surface area contributed by atoms with Crippen molar-refractivity contribution in [3.05, 3.63) is 119 Å². The third kappa shape index (κ3) is 6.53. The summed E-state index contributed by atoms with van der Waals surface area (Å²) in [5, 5.41) is 3.19. The van der Waals surface area contributed by atoms with Crippen molar-refractivity contribution in [2.24, 2.45) is 0 Å². The molecular weight excluding hydrogens is 466 g/mol. The standard InChI is InChI=1S/C12H10Si.C7H8P.C5H5.2ClH.Ti/c1-3-7-11(8-4-1)13-12-9-5-2-6-10-12;8-6-7-4-2-1-3-5-7;1-2-4-5-3-1;;;/h1-10H;1-5,8H,6H2;1-3H,4H2;2*1H;/q;-1;;;;+3/p-2. The summed E-state index contributed by atoms with van der Waals surface area (Å²) in [7, 11) is 0. The molecular formula is C24H23Cl2PSiTi. The van der Waals surface area contributed by atoms with Crippen LogP contribution in [0.1, 0.15) is 12.0 Å². The van der Waals surface area contributed by atoms with E-state index in [0.717, 1.165) is 6.57 Å². The van der Waals surface area contributed by atoms with Crippen LogP contribution in [0.4, 0.5) is 0 Å². The molecule has 0 saturated heterocycles. The zero-order chi connectivity index (χ0) is 18.3. The molecule has 3 aromatic carbocycles. The van der Waals surface area contributed by atoms with E-state index in [9.17, 15) is 0 Å². The van der Waals surface area contributed by atoms with Crippen molar-refractivity contribution in [3.8, 4) is 0 Å². The number of allylic oxidation sites excluding steroid dienone is 4. The number of hydrogen-bond acceptors (Lipinski definition) is 0. The summed E-state index contributed by atoms with van der Waals surface area (Å²) in [5.74, 6) is 0. The van der Waals surface area contributed by atoms with Gasteiger partial charge in [-0.1, -0.05) is 0 Å². The minimum atomic E-state index is -1.44. The molecule has 29 heavy (non-hydrogen) atoms. The molecule has 0 nitrogen and oxygen atoms in total. The van der Waals surface area contributed by atoms with Gasteiger partial charge in [-0.2, -0.15) is 0 Å². The Labute approximate surface area is 194 Å². The van der Waals surface area contributed by atoms with Crippen LogP contribution in [0.15, 0.2) is 113 Å². The van der Waals surface area contributed by atoms with E-state index in [2.05, 4.69) is 109 Å². The quantitative estimate of drug-likeness (QED) is 0.310. The molecule has 4 rings (SSSR count). The molecule has 1 aliphatic carbocycles. The van der Waals surface area contributed by atoms with E-state index in [-0.39, 0.29) is 24.8 Å². The second-order valence-corrected chi connectivity index (χ2v) is 21.6. The van der Waals surface area contributed by atoms with E-state index >= 15 is 0 Å². The molecule has 0 saturated carbocycles. The van der Waals surface area contributed by atoms with Crippen molar-refractivity contribution >= 4 is 23.1 Å². The van der Waals surface area contributed by atoms with Gasteiger partial charge in [0.05, 0.1) is 0 Å². The van der Waals surface area contributed by atoms with Gasteiger partial charge in [-0.25, -0.2) is 0 Å². The largest absolute Gasteiger partial charge is 1.00 e. The fourth-order valence-electron chi connectivity index (χ4n) is 3.45. The van der Waals surface area contributed by atoms with Crippen LogP contribution in [-0.4, -0.2) is 6.19 Å². The van der Waals surface area contributed by atoms with Crippen molar-refractivity contribution < 1.29 is 40.9 Å². The molecule has 0 N–H and O–H groups in total. The molecule has 3 aromatic rings. The second kappa shape index (κ2) is 12.7. The van der Waals surface area contributed by atoms with Crippen LogP contribution in [0.2, 0.25) is 0 Å². The van der Waals surface area contributed by atoms with E-state index in [1.807, 2.05) is 0 Å². The predicted octanol–water partition coefficient (Wildman–Crippen LogP) is -0.944. The van der Waals surface area contributed by atoms with Gasteiger partial charge in [0, 0.05) is 0 Å². The average molecular weight is 489 g/mol. The average Bonchev–Trinajstić information content (AvgIpc) is 3.28. The van der Waals surface area contributed by atoms with Gasteiger partial charge in [-0.05, 0) is 0 Å². The van der Waals surface area contributed by atoms with Crippen molar-refractivity contribution in [2.45, 2.75) is 12.6 Å². The molecule has 0 bridgehead atoms. The summed E-state index contributed by atoms with van der Waals surface area (Å²) in [6.07, 6.45) is 8.79. The summed E-state index contributed by atoms with van der Waals surface area (Å²) < 4.78 is 1.78. The molecule has 0 aromatic heterocycles. The van der Waals surface area contributed by atoms with Gasteiger partial charge in [0.1, 0.15) is 0 Å². The zero-order valence-electron chi connectivity index (χ0n) is 16.1. The maximum absolute atomic E-state index is 2.45. The second-order valence-electron chi connectivity index (χ2n) is 6.65. The summed E-state index contributed by atoms with van der Waals surface area (Å²) in [6.45, 7) is 1.07. The van der Waals surface area contributed by atoms with Gasteiger partial charge in [-0.3, -0.25) is 0 Å². The first-order chi connectivity index (χ1) is 13.4. The van der Waals surface area contributed by atoms with Gasteiger partial charge in [0.25, 0.3) is 0 Å². The SMILES string of the molecule is C1=CC[C]([Ti+2]([PH]Cc2ccccc2)=[Si](c2ccccc2)c2ccccc2)=C1.[Cl-].[Cl-]. The molecule has 146 valence electrons. The predicted molar refractivity (Wildman–Crippen MR) is 118 cm³/mol.